The number of quaternary nitrogens is 1. The van der Waals surface area contributed by atoms with Gasteiger partial charge in [0.1, 0.15) is 11.8 Å². The third-order valence-electron chi connectivity index (χ3n) is 5.86. The van der Waals surface area contributed by atoms with E-state index in [-0.39, 0.29) is 12.2 Å². The van der Waals surface area contributed by atoms with Crippen LogP contribution in [0.1, 0.15) is 90.0 Å². The Morgan fingerprint density at radius 3 is 2.24 bits per heavy atom. The quantitative estimate of drug-likeness (QED) is 0.346. The highest BCUT2D eigenvalue weighted by molar-refractivity contribution is 5.59. The molecule has 1 saturated heterocycles. The number of nitrogens with two attached hydrogens (primary N) is 1. The fourth-order valence-corrected chi connectivity index (χ4v) is 4.15. The largest absolute Gasteiger partial charge is 0.518 e. The van der Waals surface area contributed by atoms with Crippen molar-refractivity contribution in [3.05, 3.63) is 29.8 Å². The number of amides is 1. The number of likely N-dealkylation sites (tertiary alicyclic amines) is 1. The number of rotatable bonds is 13. The predicted molar refractivity (Wildman–Crippen MR) is 121 cm³/mol. The number of carbonyl (C=O) groups is 1. The van der Waals surface area contributed by atoms with Crippen LogP contribution in [0.3, 0.4) is 0 Å². The molecule has 0 radical (unpaired) electrons. The molecular formula is C25H43N2O2+. The number of piperidine rings is 1. The van der Waals surface area contributed by atoms with E-state index in [9.17, 15) is 4.79 Å². The molecule has 164 valence electrons. The van der Waals surface area contributed by atoms with Crippen LogP contribution in [0.25, 0.3) is 0 Å². The van der Waals surface area contributed by atoms with E-state index in [1.54, 1.807) is 5.32 Å². The van der Waals surface area contributed by atoms with Gasteiger partial charge in [-0.05, 0) is 63.4 Å². The van der Waals surface area contributed by atoms with E-state index in [1.165, 1.54) is 76.2 Å². The van der Waals surface area contributed by atoms with E-state index >= 15 is 0 Å². The summed E-state index contributed by atoms with van der Waals surface area (Å²) < 4.78 is 5.58. The molecule has 0 aliphatic carbocycles. The van der Waals surface area contributed by atoms with E-state index in [0.29, 0.717) is 0 Å². The minimum Gasteiger partial charge on any atom is -0.415 e. The third-order valence-corrected chi connectivity index (χ3v) is 5.86. The van der Waals surface area contributed by atoms with Crippen molar-refractivity contribution in [3.8, 4) is 0 Å². The van der Waals surface area contributed by atoms with Gasteiger partial charge in [-0.1, -0.05) is 70.4 Å². The van der Waals surface area contributed by atoms with Gasteiger partial charge in [0, 0.05) is 6.54 Å². The topological polar surface area (TPSA) is 46.1 Å². The summed E-state index contributed by atoms with van der Waals surface area (Å²) in [6.45, 7) is 7.37. The first-order valence-corrected chi connectivity index (χ1v) is 12.0. The number of aryl methyl sites for hydroxylation is 1. The van der Waals surface area contributed by atoms with Crippen LogP contribution in [0, 0.1) is 0 Å². The highest BCUT2D eigenvalue weighted by Gasteiger charge is 2.18. The van der Waals surface area contributed by atoms with Crippen molar-refractivity contribution in [2.24, 2.45) is 0 Å². The van der Waals surface area contributed by atoms with E-state index in [1.807, 2.05) is 19.1 Å². The minimum absolute atomic E-state index is 0.0573. The Labute approximate surface area is 178 Å². The van der Waals surface area contributed by atoms with Gasteiger partial charge in [0.25, 0.3) is 0 Å². The Morgan fingerprint density at radius 2 is 1.59 bits per heavy atom. The Kier molecular flexibility index (Phi) is 12.0. The van der Waals surface area contributed by atoms with E-state index in [2.05, 4.69) is 24.0 Å². The lowest BCUT2D eigenvalue weighted by atomic mass is 10.0. The maximum absolute atomic E-state index is 12.2. The van der Waals surface area contributed by atoms with E-state index in [0.717, 1.165) is 31.7 Å². The highest BCUT2D eigenvalue weighted by Crippen LogP contribution is 2.13. The third kappa shape index (κ3) is 10.8. The second kappa shape index (κ2) is 14.6. The van der Waals surface area contributed by atoms with Crippen molar-refractivity contribution >= 4 is 11.8 Å². The van der Waals surface area contributed by atoms with Gasteiger partial charge in [0.2, 0.25) is 0 Å². The molecule has 1 heterocycles. The maximum atomic E-state index is 12.2. The van der Waals surface area contributed by atoms with Gasteiger partial charge in [0.15, 0.2) is 0 Å². The molecule has 1 fully saturated rings. The molecule has 4 heteroatoms. The molecule has 1 aromatic carbocycles. The number of nitrogens with zero attached hydrogens (tertiary/aromatic N) is 1. The van der Waals surface area contributed by atoms with E-state index in [4.69, 9.17) is 4.74 Å². The van der Waals surface area contributed by atoms with Crippen LogP contribution in [0.2, 0.25) is 0 Å². The molecule has 0 bridgehead atoms. The number of carbonyl (C=O) groups excluding carboxylic acids is 1. The van der Waals surface area contributed by atoms with Gasteiger partial charge >= 0.3 is 6.09 Å². The zero-order chi connectivity index (χ0) is 20.7. The second-order valence-corrected chi connectivity index (χ2v) is 8.72. The molecule has 1 aromatic rings. The fourth-order valence-electron chi connectivity index (χ4n) is 4.15. The van der Waals surface area contributed by atoms with Crippen molar-refractivity contribution in [2.45, 2.75) is 97.0 Å². The lowest BCUT2D eigenvalue weighted by Gasteiger charge is -2.28. The molecular weight excluding hydrogens is 360 g/mol. The normalized spacial score (nSPS) is 15.9. The van der Waals surface area contributed by atoms with Crippen LogP contribution < -0.4 is 5.32 Å². The van der Waals surface area contributed by atoms with Crippen LogP contribution in [0.5, 0.6) is 0 Å². The Balaban J connectivity index is 1.58. The lowest BCUT2D eigenvalue weighted by molar-refractivity contribution is -0.484. The van der Waals surface area contributed by atoms with Gasteiger partial charge in [-0.15, -0.1) is 0 Å². The van der Waals surface area contributed by atoms with Crippen molar-refractivity contribution < 1.29 is 14.8 Å². The van der Waals surface area contributed by atoms with Gasteiger partial charge in [-0.2, -0.15) is 4.79 Å². The first-order chi connectivity index (χ1) is 14.2. The van der Waals surface area contributed by atoms with Crippen molar-refractivity contribution in [1.82, 2.24) is 4.90 Å². The molecule has 1 aliphatic rings. The summed E-state index contributed by atoms with van der Waals surface area (Å²) in [6, 6.07) is 8.38. The van der Waals surface area contributed by atoms with Crippen LogP contribution >= 0.6 is 0 Å². The molecule has 0 saturated carbocycles. The van der Waals surface area contributed by atoms with Gasteiger partial charge in [-0.25, -0.2) is 5.32 Å². The summed E-state index contributed by atoms with van der Waals surface area (Å²) >= 11 is 0. The van der Waals surface area contributed by atoms with Crippen LogP contribution in [0.15, 0.2) is 24.3 Å². The average molecular weight is 404 g/mol. The average Bonchev–Trinajstić information content (AvgIpc) is 2.71. The van der Waals surface area contributed by atoms with Crippen molar-refractivity contribution in [2.75, 3.05) is 19.6 Å². The van der Waals surface area contributed by atoms with Crippen LogP contribution in [-0.4, -0.2) is 36.7 Å². The number of primary amides is 1. The van der Waals surface area contributed by atoms with Crippen LogP contribution in [-0.2, 0) is 11.2 Å². The molecule has 0 unspecified atom stereocenters. The number of benzene rings is 1. The van der Waals surface area contributed by atoms with Gasteiger partial charge < -0.3 is 4.74 Å². The lowest BCUT2D eigenvalue weighted by Crippen LogP contribution is -2.82. The summed E-state index contributed by atoms with van der Waals surface area (Å²) in [7, 11) is 0. The van der Waals surface area contributed by atoms with Crippen molar-refractivity contribution in [3.63, 3.8) is 0 Å². The summed E-state index contributed by atoms with van der Waals surface area (Å²) in [5.74, 6) is 0. The SMILES string of the molecule is CCCCCCCCCCc1ccc([NH2+]C(=O)O[C@H](C)CN2CCCCC2)cc1. The summed E-state index contributed by atoms with van der Waals surface area (Å²) in [6.07, 6.45) is 15.5. The Morgan fingerprint density at radius 1 is 0.966 bits per heavy atom. The number of unbranched alkanes of at least 4 members (excludes halogenated alkanes) is 7. The monoisotopic (exact) mass is 403 g/mol. The van der Waals surface area contributed by atoms with E-state index < -0.39 is 0 Å². The van der Waals surface area contributed by atoms with Gasteiger partial charge in [-0.3, -0.25) is 4.90 Å². The smallest absolute Gasteiger partial charge is 0.415 e. The molecule has 2 rings (SSSR count). The summed E-state index contributed by atoms with van der Waals surface area (Å²) in [5.41, 5.74) is 2.29. The molecule has 0 aromatic heterocycles. The van der Waals surface area contributed by atoms with Crippen LogP contribution in [0.4, 0.5) is 10.5 Å². The predicted octanol–water partition coefficient (Wildman–Crippen LogP) is 5.58. The zero-order valence-electron chi connectivity index (χ0n) is 18.8. The standard InChI is InChI=1S/C25H42N2O2/c1-3-4-5-6-7-8-9-11-14-23-15-17-24(18-16-23)26-25(28)29-22(2)21-27-19-12-10-13-20-27/h15-18,22H,3-14,19-21H2,1-2H3,(H,26,28)/p+1/t22-/m1/s1. The summed E-state index contributed by atoms with van der Waals surface area (Å²) in [5, 5.41) is 1.62. The molecule has 1 atom stereocenters. The molecule has 1 amide bonds. The molecule has 2 N–H and O–H groups in total. The maximum Gasteiger partial charge on any atom is 0.518 e. The molecule has 0 spiro atoms. The zero-order valence-corrected chi connectivity index (χ0v) is 18.8. The first kappa shape index (κ1) is 23.9. The van der Waals surface area contributed by atoms with Crippen molar-refractivity contribution in [1.29, 1.82) is 0 Å². The molecule has 4 nitrogen and oxygen atoms in total. The number of hydrogen-bond donors (Lipinski definition) is 1. The summed E-state index contributed by atoms with van der Waals surface area (Å²) in [4.78, 5) is 14.6. The fraction of sp³-hybridized carbons (Fsp3) is 0.720. The number of hydrogen-bond acceptors (Lipinski definition) is 3. The minimum atomic E-state index is -0.231. The second-order valence-electron chi connectivity index (χ2n) is 8.72. The van der Waals surface area contributed by atoms with Gasteiger partial charge in [0.05, 0.1) is 0 Å². The Bertz CT molecular complexity index is 552. The Hall–Kier alpha value is -1.39. The highest BCUT2D eigenvalue weighted by atomic mass is 16.6. The molecule has 1 aliphatic heterocycles. The molecule has 29 heavy (non-hydrogen) atoms. The number of ether oxygens (including phenoxy) is 1. The first-order valence-electron chi connectivity index (χ1n) is 12.0.